The van der Waals surface area contributed by atoms with Crippen LogP contribution in [0.4, 0.5) is 5.69 Å². The van der Waals surface area contributed by atoms with Gasteiger partial charge >= 0.3 is 0 Å². The van der Waals surface area contributed by atoms with Gasteiger partial charge in [0.15, 0.2) is 0 Å². The fourth-order valence-electron chi connectivity index (χ4n) is 2.13. The Morgan fingerprint density at radius 1 is 1.32 bits per heavy atom. The molecule has 0 saturated carbocycles. The fraction of sp³-hybridized carbons (Fsp3) is 0.143. The van der Waals surface area contributed by atoms with E-state index in [1.54, 1.807) is 18.6 Å². The van der Waals surface area contributed by atoms with E-state index in [9.17, 15) is 0 Å². The van der Waals surface area contributed by atoms with E-state index in [1.165, 1.54) is 0 Å². The quantitative estimate of drug-likeness (QED) is 0.767. The van der Waals surface area contributed by atoms with E-state index in [-0.39, 0.29) is 0 Å². The number of rotatable bonds is 3. The minimum atomic E-state index is 0.597. The lowest BCUT2D eigenvalue weighted by molar-refractivity contribution is 1.00. The van der Waals surface area contributed by atoms with Gasteiger partial charge in [0.2, 0.25) is 0 Å². The molecule has 2 heterocycles. The molecule has 0 saturated heterocycles. The number of pyridine rings is 1. The van der Waals surface area contributed by atoms with Crippen LogP contribution < -0.4 is 5.32 Å². The van der Waals surface area contributed by atoms with Crippen LogP contribution in [0.2, 0.25) is 5.02 Å². The van der Waals surface area contributed by atoms with Crippen LogP contribution in [0.3, 0.4) is 0 Å². The molecule has 96 valence electrons. The SMILES string of the molecule is Cc1cc(Cl)c(NCc2ncc[nH]2)c2cccnc12. The van der Waals surface area contributed by atoms with E-state index in [0.717, 1.165) is 28.0 Å². The summed E-state index contributed by atoms with van der Waals surface area (Å²) in [5.41, 5.74) is 2.93. The van der Waals surface area contributed by atoms with Gasteiger partial charge in [0.1, 0.15) is 5.82 Å². The first kappa shape index (κ1) is 12.0. The number of H-pyrrole nitrogens is 1. The van der Waals surface area contributed by atoms with Gasteiger partial charge in [-0.15, -0.1) is 0 Å². The second-order valence-electron chi connectivity index (χ2n) is 4.34. The van der Waals surface area contributed by atoms with E-state index in [2.05, 4.69) is 20.3 Å². The largest absolute Gasteiger partial charge is 0.376 e. The molecule has 0 atom stereocenters. The summed E-state index contributed by atoms with van der Waals surface area (Å²) in [6, 6.07) is 5.86. The zero-order chi connectivity index (χ0) is 13.2. The predicted octanol–water partition coefficient (Wildman–Crippen LogP) is 3.53. The summed E-state index contributed by atoms with van der Waals surface area (Å²) in [5, 5.41) is 5.05. The number of benzene rings is 1. The molecule has 0 fully saturated rings. The number of nitrogens with one attached hydrogen (secondary N) is 2. The highest BCUT2D eigenvalue weighted by Gasteiger charge is 2.09. The minimum Gasteiger partial charge on any atom is -0.376 e. The zero-order valence-electron chi connectivity index (χ0n) is 10.4. The van der Waals surface area contributed by atoms with E-state index in [4.69, 9.17) is 11.6 Å². The maximum atomic E-state index is 6.33. The zero-order valence-corrected chi connectivity index (χ0v) is 11.2. The van der Waals surface area contributed by atoms with Crippen molar-refractivity contribution in [2.45, 2.75) is 13.5 Å². The molecule has 2 aromatic heterocycles. The lowest BCUT2D eigenvalue weighted by Gasteiger charge is -2.12. The summed E-state index contributed by atoms with van der Waals surface area (Å²) in [6.07, 6.45) is 5.32. The van der Waals surface area contributed by atoms with Crippen LogP contribution in [-0.2, 0) is 6.54 Å². The monoisotopic (exact) mass is 272 g/mol. The van der Waals surface area contributed by atoms with E-state index in [0.29, 0.717) is 11.6 Å². The molecular weight excluding hydrogens is 260 g/mol. The molecule has 0 aliphatic heterocycles. The smallest absolute Gasteiger partial charge is 0.125 e. The van der Waals surface area contributed by atoms with Gasteiger partial charge in [0.05, 0.1) is 22.8 Å². The molecular formula is C14H13ClN4. The van der Waals surface area contributed by atoms with Crippen molar-refractivity contribution < 1.29 is 0 Å². The first-order valence-electron chi connectivity index (χ1n) is 6.01. The molecule has 0 amide bonds. The Hall–Kier alpha value is -2.07. The van der Waals surface area contributed by atoms with Gasteiger partial charge in [-0.3, -0.25) is 4.98 Å². The molecule has 3 rings (SSSR count). The van der Waals surface area contributed by atoms with E-state index in [1.807, 2.05) is 25.1 Å². The number of imidazole rings is 1. The predicted molar refractivity (Wildman–Crippen MR) is 77.4 cm³/mol. The van der Waals surface area contributed by atoms with Gasteiger partial charge in [-0.2, -0.15) is 0 Å². The second kappa shape index (κ2) is 4.90. The van der Waals surface area contributed by atoms with Crippen molar-refractivity contribution in [3.8, 4) is 0 Å². The van der Waals surface area contributed by atoms with Crippen LogP contribution in [0.5, 0.6) is 0 Å². The van der Waals surface area contributed by atoms with Crippen molar-refractivity contribution in [1.82, 2.24) is 15.0 Å². The number of anilines is 1. The maximum Gasteiger partial charge on any atom is 0.125 e. The lowest BCUT2D eigenvalue weighted by atomic mass is 10.1. The number of aromatic nitrogens is 3. The molecule has 0 aliphatic carbocycles. The van der Waals surface area contributed by atoms with Gasteiger partial charge < -0.3 is 10.3 Å². The van der Waals surface area contributed by atoms with Crippen LogP contribution in [0.1, 0.15) is 11.4 Å². The third-order valence-corrected chi connectivity index (χ3v) is 3.32. The molecule has 0 bridgehead atoms. The van der Waals surface area contributed by atoms with Crippen LogP contribution in [0, 0.1) is 6.92 Å². The van der Waals surface area contributed by atoms with Crippen molar-refractivity contribution in [3.63, 3.8) is 0 Å². The number of hydrogen-bond donors (Lipinski definition) is 2. The Labute approximate surface area is 115 Å². The summed E-state index contributed by atoms with van der Waals surface area (Å²) >= 11 is 6.33. The van der Waals surface area contributed by atoms with Crippen molar-refractivity contribution >= 4 is 28.2 Å². The van der Waals surface area contributed by atoms with Gasteiger partial charge in [0.25, 0.3) is 0 Å². The van der Waals surface area contributed by atoms with E-state index < -0.39 is 0 Å². The third-order valence-electron chi connectivity index (χ3n) is 3.02. The summed E-state index contributed by atoms with van der Waals surface area (Å²) in [6.45, 7) is 2.61. The maximum absolute atomic E-state index is 6.33. The van der Waals surface area contributed by atoms with Crippen molar-refractivity contribution in [2.24, 2.45) is 0 Å². The Bertz CT molecular complexity index is 707. The standard InChI is InChI=1S/C14H13ClN4/c1-9-7-11(15)14(10-3-2-4-18-13(9)10)19-8-12-16-5-6-17-12/h2-7,19H,8H2,1H3,(H,16,17). The number of aryl methyl sites for hydroxylation is 1. The summed E-state index contributed by atoms with van der Waals surface area (Å²) in [5.74, 6) is 0.869. The summed E-state index contributed by atoms with van der Waals surface area (Å²) in [7, 11) is 0. The first-order chi connectivity index (χ1) is 9.25. The number of halogens is 1. The molecule has 0 aliphatic rings. The van der Waals surface area contributed by atoms with Crippen LogP contribution >= 0.6 is 11.6 Å². The Morgan fingerprint density at radius 3 is 3.00 bits per heavy atom. The Balaban J connectivity index is 2.02. The molecule has 5 heteroatoms. The number of fused-ring (bicyclic) bond motifs is 1. The number of nitrogens with zero attached hydrogens (tertiary/aromatic N) is 2. The molecule has 19 heavy (non-hydrogen) atoms. The third kappa shape index (κ3) is 2.27. The highest BCUT2D eigenvalue weighted by Crippen LogP contribution is 2.32. The highest BCUT2D eigenvalue weighted by atomic mass is 35.5. The second-order valence-corrected chi connectivity index (χ2v) is 4.75. The van der Waals surface area contributed by atoms with Crippen LogP contribution in [0.15, 0.2) is 36.8 Å². The average Bonchev–Trinajstić information content (AvgIpc) is 2.92. The summed E-state index contributed by atoms with van der Waals surface area (Å²) in [4.78, 5) is 11.6. The minimum absolute atomic E-state index is 0.597. The topological polar surface area (TPSA) is 53.6 Å². The molecule has 3 aromatic rings. The Morgan fingerprint density at radius 2 is 2.21 bits per heavy atom. The number of hydrogen-bond acceptors (Lipinski definition) is 3. The lowest BCUT2D eigenvalue weighted by Crippen LogP contribution is -2.03. The molecule has 0 unspecified atom stereocenters. The van der Waals surface area contributed by atoms with Gasteiger partial charge in [-0.25, -0.2) is 4.98 Å². The average molecular weight is 273 g/mol. The van der Waals surface area contributed by atoms with Crippen LogP contribution in [0.25, 0.3) is 10.9 Å². The molecule has 4 nitrogen and oxygen atoms in total. The molecule has 0 radical (unpaired) electrons. The van der Waals surface area contributed by atoms with Crippen molar-refractivity contribution in [3.05, 3.63) is 53.2 Å². The van der Waals surface area contributed by atoms with Crippen LogP contribution in [-0.4, -0.2) is 15.0 Å². The number of aromatic amines is 1. The molecule has 0 spiro atoms. The fourth-order valence-corrected chi connectivity index (χ4v) is 2.46. The highest BCUT2D eigenvalue weighted by molar-refractivity contribution is 6.35. The molecule has 1 aromatic carbocycles. The normalized spacial score (nSPS) is 10.8. The first-order valence-corrected chi connectivity index (χ1v) is 6.39. The van der Waals surface area contributed by atoms with Gasteiger partial charge in [-0.05, 0) is 30.7 Å². The van der Waals surface area contributed by atoms with Crippen molar-refractivity contribution in [2.75, 3.05) is 5.32 Å². The van der Waals surface area contributed by atoms with Gasteiger partial charge in [0, 0.05) is 24.0 Å². The summed E-state index contributed by atoms with van der Waals surface area (Å²) < 4.78 is 0. The molecule has 2 N–H and O–H groups in total. The van der Waals surface area contributed by atoms with Gasteiger partial charge in [-0.1, -0.05) is 11.6 Å². The van der Waals surface area contributed by atoms with Crippen molar-refractivity contribution in [1.29, 1.82) is 0 Å². The Kier molecular flexibility index (Phi) is 3.09. The van der Waals surface area contributed by atoms with E-state index >= 15 is 0 Å².